The number of carbonyl (C=O) groups excluding carboxylic acids is 3. The highest BCUT2D eigenvalue weighted by Crippen LogP contribution is 2.32. The van der Waals surface area contributed by atoms with Crippen molar-refractivity contribution >= 4 is 46.9 Å². The van der Waals surface area contributed by atoms with E-state index in [1.807, 2.05) is 37.5 Å². The first-order valence-electron chi connectivity index (χ1n) is 11.1. The maximum atomic E-state index is 13.5. The fourth-order valence-electron chi connectivity index (χ4n) is 4.30. The van der Waals surface area contributed by atoms with E-state index in [1.165, 1.54) is 19.1 Å². The summed E-state index contributed by atoms with van der Waals surface area (Å²) >= 11 is 5.31. The molecule has 0 radical (unpaired) electrons. The molecule has 0 saturated carbocycles. The van der Waals surface area contributed by atoms with Crippen LogP contribution in [0.2, 0.25) is 0 Å². The standard InChI is InChI=1S/C27H25N3O5S/c1-15-12-18(26(33)35-5)10-11-21(15)29-16(2)13-19(17(29)3)14-20-24(31)28-27(36)30(25(20)32)22-8-6-7-9-23(22)34-4/h6-14H,1-5H3,(H,28,31,36)/b20-14+. The molecule has 0 unspecified atom stereocenters. The summed E-state index contributed by atoms with van der Waals surface area (Å²) in [6, 6.07) is 14.2. The Morgan fingerprint density at radius 1 is 1.00 bits per heavy atom. The summed E-state index contributed by atoms with van der Waals surface area (Å²) in [5.41, 5.74) is 5.02. The van der Waals surface area contributed by atoms with Crippen LogP contribution in [0.3, 0.4) is 0 Å². The number of benzene rings is 2. The molecule has 4 rings (SSSR count). The number of methoxy groups -OCH3 is 2. The van der Waals surface area contributed by atoms with E-state index in [0.29, 0.717) is 22.6 Å². The van der Waals surface area contributed by atoms with Crippen molar-refractivity contribution in [2.75, 3.05) is 19.1 Å². The van der Waals surface area contributed by atoms with Crippen LogP contribution < -0.4 is 15.0 Å². The van der Waals surface area contributed by atoms with Crippen molar-refractivity contribution in [1.82, 2.24) is 9.88 Å². The molecule has 0 bridgehead atoms. The molecule has 1 aliphatic heterocycles. The molecule has 3 aromatic rings. The Balaban J connectivity index is 1.77. The lowest BCUT2D eigenvalue weighted by Gasteiger charge is -2.29. The lowest BCUT2D eigenvalue weighted by molar-refractivity contribution is -0.122. The number of aryl methyl sites for hydroxylation is 2. The molecule has 36 heavy (non-hydrogen) atoms. The van der Waals surface area contributed by atoms with Gasteiger partial charge >= 0.3 is 5.97 Å². The predicted octanol–water partition coefficient (Wildman–Crippen LogP) is 4.03. The van der Waals surface area contributed by atoms with E-state index in [9.17, 15) is 14.4 Å². The van der Waals surface area contributed by atoms with E-state index >= 15 is 0 Å². The Bertz CT molecular complexity index is 1450. The minimum Gasteiger partial charge on any atom is -0.495 e. The molecule has 1 saturated heterocycles. The van der Waals surface area contributed by atoms with Gasteiger partial charge in [-0.1, -0.05) is 12.1 Å². The van der Waals surface area contributed by atoms with E-state index in [-0.39, 0.29) is 10.7 Å². The molecule has 1 N–H and O–H groups in total. The topological polar surface area (TPSA) is 89.9 Å². The Morgan fingerprint density at radius 3 is 2.39 bits per heavy atom. The fraction of sp³-hybridized carbons (Fsp3) is 0.185. The molecule has 2 aromatic carbocycles. The highest BCUT2D eigenvalue weighted by molar-refractivity contribution is 7.80. The molecule has 0 spiro atoms. The largest absolute Gasteiger partial charge is 0.495 e. The second-order valence-corrected chi connectivity index (χ2v) is 8.67. The molecule has 1 fully saturated rings. The van der Waals surface area contributed by atoms with Crippen molar-refractivity contribution in [2.24, 2.45) is 0 Å². The van der Waals surface area contributed by atoms with Gasteiger partial charge in [0.2, 0.25) is 0 Å². The number of hydrogen-bond acceptors (Lipinski definition) is 6. The molecule has 0 aliphatic carbocycles. The molecular weight excluding hydrogens is 478 g/mol. The number of thiocarbonyl (C=S) groups is 1. The van der Waals surface area contributed by atoms with E-state index in [1.54, 1.807) is 42.5 Å². The van der Waals surface area contributed by atoms with Crippen molar-refractivity contribution < 1.29 is 23.9 Å². The van der Waals surface area contributed by atoms with Crippen LogP contribution in [0.1, 0.15) is 32.9 Å². The van der Waals surface area contributed by atoms with Crippen LogP contribution in [0.25, 0.3) is 11.8 Å². The van der Waals surface area contributed by atoms with Gasteiger partial charge in [-0.3, -0.25) is 14.9 Å². The summed E-state index contributed by atoms with van der Waals surface area (Å²) < 4.78 is 12.2. The number of nitrogens with one attached hydrogen (secondary N) is 1. The minimum absolute atomic E-state index is 0.0153. The van der Waals surface area contributed by atoms with Gasteiger partial charge in [0, 0.05) is 17.1 Å². The zero-order chi connectivity index (χ0) is 26.1. The summed E-state index contributed by atoms with van der Waals surface area (Å²) in [6.45, 7) is 5.74. The summed E-state index contributed by atoms with van der Waals surface area (Å²) in [5.74, 6) is -1.07. The molecule has 1 aliphatic rings. The molecular formula is C27H25N3O5S. The third-order valence-electron chi connectivity index (χ3n) is 6.06. The quantitative estimate of drug-likeness (QED) is 0.245. The second kappa shape index (κ2) is 9.79. The Hall–Kier alpha value is -4.24. The maximum Gasteiger partial charge on any atom is 0.337 e. The summed E-state index contributed by atoms with van der Waals surface area (Å²) in [5, 5.41) is 2.59. The first-order valence-corrected chi connectivity index (χ1v) is 11.5. The SMILES string of the molecule is COC(=O)c1ccc(-n2c(C)cc(/C=C3\C(=O)NC(=S)N(c4ccccc4OC)C3=O)c2C)c(C)c1. The van der Waals surface area contributed by atoms with Gasteiger partial charge in [0.05, 0.1) is 25.5 Å². The van der Waals surface area contributed by atoms with E-state index in [2.05, 4.69) is 5.32 Å². The smallest absolute Gasteiger partial charge is 0.337 e. The monoisotopic (exact) mass is 503 g/mol. The maximum absolute atomic E-state index is 13.5. The number of rotatable bonds is 5. The minimum atomic E-state index is -0.570. The summed E-state index contributed by atoms with van der Waals surface area (Å²) in [7, 11) is 2.84. The van der Waals surface area contributed by atoms with Crippen LogP contribution >= 0.6 is 12.2 Å². The van der Waals surface area contributed by atoms with Crippen molar-refractivity contribution in [3.05, 3.63) is 82.2 Å². The van der Waals surface area contributed by atoms with E-state index in [4.69, 9.17) is 21.7 Å². The van der Waals surface area contributed by atoms with Crippen LogP contribution in [0, 0.1) is 20.8 Å². The van der Waals surface area contributed by atoms with Crippen LogP contribution in [0.5, 0.6) is 5.75 Å². The van der Waals surface area contributed by atoms with Crippen LogP contribution in [0.4, 0.5) is 5.69 Å². The number of carbonyl (C=O) groups is 3. The van der Waals surface area contributed by atoms with Gasteiger partial charge in [0.25, 0.3) is 11.8 Å². The lowest BCUT2D eigenvalue weighted by atomic mass is 10.1. The number of ether oxygens (including phenoxy) is 2. The zero-order valence-corrected chi connectivity index (χ0v) is 21.4. The molecule has 9 heteroatoms. The van der Waals surface area contributed by atoms with Crippen molar-refractivity contribution in [3.63, 3.8) is 0 Å². The predicted molar refractivity (Wildman–Crippen MR) is 141 cm³/mol. The Kier molecular flexibility index (Phi) is 6.76. The van der Waals surface area contributed by atoms with Gasteiger partial charge in [0.15, 0.2) is 5.11 Å². The molecule has 2 heterocycles. The van der Waals surface area contributed by atoms with Gasteiger partial charge in [-0.05, 0) is 86.6 Å². The molecule has 1 aromatic heterocycles. The Morgan fingerprint density at radius 2 is 1.72 bits per heavy atom. The first kappa shape index (κ1) is 24.9. The number of aromatic nitrogens is 1. The van der Waals surface area contributed by atoms with Crippen LogP contribution in [-0.4, -0.2) is 41.7 Å². The lowest BCUT2D eigenvalue weighted by Crippen LogP contribution is -2.54. The van der Waals surface area contributed by atoms with Gasteiger partial charge in [-0.25, -0.2) is 9.69 Å². The zero-order valence-electron chi connectivity index (χ0n) is 20.5. The average molecular weight is 504 g/mol. The number of nitrogens with zero attached hydrogens (tertiary/aromatic N) is 2. The van der Waals surface area contributed by atoms with Gasteiger partial charge in [0.1, 0.15) is 11.3 Å². The number of hydrogen-bond donors (Lipinski definition) is 1. The highest BCUT2D eigenvalue weighted by atomic mass is 32.1. The normalized spacial score (nSPS) is 14.8. The van der Waals surface area contributed by atoms with Gasteiger partial charge < -0.3 is 14.0 Å². The van der Waals surface area contributed by atoms with Gasteiger partial charge in [-0.15, -0.1) is 0 Å². The highest BCUT2D eigenvalue weighted by Gasteiger charge is 2.36. The number of amides is 2. The molecule has 2 amide bonds. The number of esters is 1. The number of para-hydroxylation sites is 2. The first-order chi connectivity index (χ1) is 17.2. The summed E-state index contributed by atoms with van der Waals surface area (Å²) in [6.07, 6.45) is 1.57. The molecule has 8 nitrogen and oxygen atoms in total. The van der Waals surface area contributed by atoms with Crippen LogP contribution in [0.15, 0.2) is 54.1 Å². The van der Waals surface area contributed by atoms with E-state index < -0.39 is 17.8 Å². The third kappa shape index (κ3) is 4.29. The molecule has 184 valence electrons. The van der Waals surface area contributed by atoms with Crippen molar-refractivity contribution in [1.29, 1.82) is 0 Å². The molecule has 0 atom stereocenters. The third-order valence-corrected chi connectivity index (χ3v) is 6.34. The van der Waals surface area contributed by atoms with Crippen molar-refractivity contribution in [2.45, 2.75) is 20.8 Å². The fourth-order valence-corrected chi connectivity index (χ4v) is 4.58. The van der Waals surface area contributed by atoms with E-state index in [0.717, 1.165) is 22.6 Å². The average Bonchev–Trinajstić information content (AvgIpc) is 3.13. The number of anilines is 1. The van der Waals surface area contributed by atoms with Gasteiger partial charge in [-0.2, -0.15) is 0 Å². The van der Waals surface area contributed by atoms with Crippen LogP contribution in [-0.2, 0) is 14.3 Å². The Labute approximate surface area is 214 Å². The summed E-state index contributed by atoms with van der Waals surface area (Å²) in [4.78, 5) is 39.5. The van der Waals surface area contributed by atoms with Crippen molar-refractivity contribution in [3.8, 4) is 11.4 Å². The second-order valence-electron chi connectivity index (χ2n) is 8.28.